The zero-order chi connectivity index (χ0) is 29.1. The molecule has 3 aromatic rings. The molecule has 12 heteroatoms. The summed E-state index contributed by atoms with van der Waals surface area (Å²) in [5, 5.41) is 4.80. The first kappa shape index (κ1) is 29.2. The number of thioether (sulfide) groups is 1. The van der Waals surface area contributed by atoms with Crippen LogP contribution in [-0.2, 0) is 24.3 Å². The summed E-state index contributed by atoms with van der Waals surface area (Å²) in [6.07, 6.45) is 4.42. The van der Waals surface area contributed by atoms with E-state index < -0.39 is 10.0 Å². The van der Waals surface area contributed by atoms with Gasteiger partial charge in [-0.3, -0.25) is 14.5 Å². The van der Waals surface area contributed by atoms with Crippen LogP contribution in [-0.4, -0.2) is 69.8 Å². The highest BCUT2D eigenvalue weighted by Gasteiger charge is 2.34. The minimum Gasteiger partial charge on any atom is -0.466 e. The molecule has 0 N–H and O–H groups in total. The number of hydrogen-bond donors (Lipinski definition) is 0. The Morgan fingerprint density at radius 2 is 1.85 bits per heavy atom. The van der Waals surface area contributed by atoms with E-state index in [0.29, 0.717) is 52.0 Å². The Labute approximate surface area is 249 Å². The highest BCUT2D eigenvalue weighted by atomic mass is 32.2. The molecule has 9 nitrogen and oxygen atoms in total. The summed E-state index contributed by atoms with van der Waals surface area (Å²) in [5.41, 5.74) is 2.62. The molecule has 2 aromatic carbocycles. The maximum atomic E-state index is 13.6. The van der Waals surface area contributed by atoms with Gasteiger partial charge in [0.25, 0.3) is 5.91 Å². The van der Waals surface area contributed by atoms with E-state index in [4.69, 9.17) is 22.1 Å². The first-order valence-corrected chi connectivity index (χ1v) is 16.1. The monoisotopic (exact) mass is 610 g/mol. The molecule has 0 radical (unpaired) electrons. The standard InChI is InChI=1S/C29H30N4O5S3/c1-3-32-27(34)25(40-29(32)39)18-22-19-33(23-10-6-5-7-11-23)30-26(22)21-9-8-12-24(17-21)41(36,37)31-15-13-20(14-16-31)28(35)38-4-2/h5-12,17-20H,3-4,13-16H2,1-2H3. The van der Waals surface area contributed by atoms with Crippen molar-refractivity contribution in [3.8, 4) is 16.9 Å². The quantitative estimate of drug-likeness (QED) is 0.205. The third-order valence-corrected chi connectivity index (χ3v) is 10.3. The van der Waals surface area contributed by atoms with Gasteiger partial charge in [-0.15, -0.1) is 0 Å². The number of ether oxygens (including phenoxy) is 1. The van der Waals surface area contributed by atoms with Crippen molar-refractivity contribution in [1.29, 1.82) is 0 Å². The first-order valence-electron chi connectivity index (χ1n) is 13.4. The average Bonchev–Trinajstić information content (AvgIpc) is 3.53. The van der Waals surface area contributed by atoms with E-state index in [2.05, 4.69) is 0 Å². The second-order valence-electron chi connectivity index (χ2n) is 9.60. The number of piperidine rings is 1. The molecule has 214 valence electrons. The summed E-state index contributed by atoms with van der Waals surface area (Å²) >= 11 is 6.62. The van der Waals surface area contributed by atoms with Gasteiger partial charge in [-0.25, -0.2) is 13.1 Å². The van der Waals surface area contributed by atoms with Crippen molar-refractivity contribution in [3.05, 3.63) is 71.3 Å². The third-order valence-electron chi connectivity index (χ3n) is 7.06. The molecule has 2 aliphatic rings. The summed E-state index contributed by atoms with van der Waals surface area (Å²) in [4.78, 5) is 27.2. The van der Waals surface area contributed by atoms with Crippen molar-refractivity contribution < 1.29 is 22.7 Å². The van der Waals surface area contributed by atoms with Crippen LogP contribution in [0.1, 0.15) is 32.3 Å². The zero-order valence-electron chi connectivity index (χ0n) is 22.7. The van der Waals surface area contributed by atoms with E-state index in [-0.39, 0.29) is 35.8 Å². The van der Waals surface area contributed by atoms with Crippen LogP contribution in [0.5, 0.6) is 0 Å². The van der Waals surface area contributed by atoms with Gasteiger partial charge in [0.05, 0.1) is 28.0 Å². The molecule has 0 spiro atoms. The van der Waals surface area contributed by atoms with E-state index in [1.165, 1.54) is 16.1 Å². The van der Waals surface area contributed by atoms with Crippen molar-refractivity contribution in [1.82, 2.24) is 19.0 Å². The maximum absolute atomic E-state index is 13.6. The number of carbonyl (C=O) groups excluding carboxylic acids is 2. The van der Waals surface area contributed by atoms with Crippen molar-refractivity contribution in [2.75, 3.05) is 26.2 Å². The molecule has 5 rings (SSSR count). The zero-order valence-corrected chi connectivity index (χ0v) is 25.2. The topological polar surface area (TPSA) is 102 Å². The predicted molar refractivity (Wildman–Crippen MR) is 163 cm³/mol. The number of hydrogen-bond acceptors (Lipinski definition) is 8. The number of rotatable bonds is 8. The minimum absolute atomic E-state index is 0.141. The van der Waals surface area contributed by atoms with Gasteiger partial charge in [-0.2, -0.15) is 9.40 Å². The van der Waals surface area contributed by atoms with Crippen molar-refractivity contribution in [2.45, 2.75) is 31.6 Å². The Morgan fingerprint density at radius 1 is 1.12 bits per heavy atom. The van der Waals surface area contributed by atoms with Crippen LogP contribution >= 0.6 is 24.0 Å². The molecule has 2 aliphatic heterocycles. The lowest BCUT2D eigenvalue weighted by Crippen LogP contribution is -2.40. The molecule has 1 amide bonds. The van der Waals surface area contributed by atoms with E-state index in [1.54, 1.807) is 46.8 Å². The van der Waals surface area contributed by atoms with Gasteiger partial charge in [-0.05, 0) is 57.0 Å². The average molecular weight is 611 g/mol. The molecular weight excluding hydrogens is 581 g/mol. The van der Waals surface area contributed by atoms with E-state index in [1.807, 2.05) is 43.5 Å². The van der Waals surface area contributed by atoms with Gasteiger partial charge in [0.2, 0.25) is 10.0 Å². The second kappa shape index (κ2) is 12.3. The molecule has 1 aromatic heterocycles. The summed E-state index contributed by atoms with van der Waals surface area (Å²) in [5.74, 6) is -0.731. The molecular formula is C29H30N4O5S3. The maximum Gasteiger partial charge on any atom is 0.309 e. The first-order chi connectivity index (χ1) is 19.7. The smallest absolute Gasteiger partial charge is 0.309 e. The van der Waals surface area contributed by atoms with E-state index in [9.17, 15) is 18.0 Å². The number of thiocarbonyl (C=S) groups is 1. The summed E-state index contributed by atoms with van der Waals surface area (Å²) in [6, 6.07) is 16.2. The van der Waals surface area contributed by atoms with Gasteiger partial charge in [0.15, 0.2) is 0 Å². The summed E-state index contributed by atoms with van der Waals surface area (Å²) < 4.78 is 36.0. The van der Waals surface area contributed by atoms with Crippen LogP contribution in [0.3, 0.4) is 0 Å². The van der Waals surface area contributed by atoms with Crippen molar-refractivity contribution in [2.24, 2.45) is 5.92 Å². The fraction of sp³-hybridized carbons (Fsp3) is 0.310. The van der Waals surface area contributed by atoms with Gasteiger partial charge in [-0.1, -0.05) is 54.3 Å². The molecule has 2 fully saturated rings. The van der Waals surface area contributed by atoms with Gasteiger partial charge in [0.1, 0.15) is 10.0 Å². The molecule has 2 saturated heterocycles. The number of esters is 1. The number of carbonyl (C=O) groups is 2. The fourth-order valence-corrected chi connectivity index (χ4v) is 7.78. The molecule has 0 unspecified atom stereocenters. The Bertz CT molecular complexity index is 1610. The van der Waals surface area contributed by atoms with Gasteiger partial charge < -0.3 is 4.74 Å². The van der Waals surface area contributed by atoms with Gasteiger partial charge >= 0.3 is 5.97 Å². The van der Waals surface area contributed by atoms with Crippen molar-refractivity contribution in [3.63, 3.8) is 0 Å². The van der Waals surface area contributed by atoms with Crippen LogP contribution in [0.25, 0.3) is 23.0 Å². The Hall–Kier alpha value is -3.32. The molecule has 41 heavy (non-hydrogen) atoms. The largest absolute Gasteiger partial charge is 0.466 e. The number of amides is 1. The lowest BCUT2D eigenvalue weighted by molar-refractivity contribution is -0.149. The van der Waals surface area contributed by atoms with Crippen LogP contribution < -0.4 is 0 Å². The Kier molecular flexibility index (Phi) is 8.74. The summed E-state index contributed by atoms with van der Waals surface area (Å²) in [6.45, 7) is 4.90. The molecule has 0 atom stereocenters. The second-order valence-corrected chi connectivity index (χ2v) is 13.2. The van der Waals surface area contributed by atoms with E-state index in [0.717, 1.165) is 5.69 Å². The molecule has 0 saturated carbocycles. The predicted octanol–water partition coefficient (Wildman–Crippen LogP) is 4.72. The number of benzene rings is 2. The number of nitrogens with zero attached hydrogens (tertiary/aromatic N) is 4. The van der Waals surface area contributed by atoms with Crippen LogP contribution in [0.15, 0.2) is 70.6 Å². The highest BCUT2D eigenvalue weighted by molar-refractivity contribution is 8.26. The number of likely N-dealkylation sites (N-methyl/N-ethyl adjacent to an activating group) is 1. The number of aromatic nitrogens is 2. The molecule has 0 bridgehead atoms. The highest BCUT2D eigenvalue weighted by Crippen LogP contribution is 2.35. The fourth-order valence-electron chi connectivity index (χ4n) is 4.89. The molecule has 0 aliphatic carbocycles. The molecule has 3 heterocycles. The summed E-state index contributed by atoms with van der Waals surface area (Å²) in [7, 11) is -3.81. The lowest BCUT2D eigenvalue weighted by Gasteiger charge is -2.30. The SMILES string of the molecule is CCOC(=O)C1CCN(S(=O)(=O)c2cccc(-c3nn(-c4ccccc4)cc3C=C3SC(=S)N(CC)C3=O)c2)CC1. The minimum atomic E-state index is -3.81. The Balaban J connectivity index is 1.49. The van der Waals surface area contributed by atoms with Crippen LogP contribution in [0.4, 0.5) is 0 Å². The number of sulfonamides is 1. The van der Waals surface area contributed by atoms with Crippen LogP contribution in [0, 0.1) is 5.92 Å². The third kappa shape index (κ3) is 6.01. The lowest BCUT2D eigenvalue weighted by atomic mass is 9.98. The van der Waals surface area contributed by atoms with Gasteiger partial charge in [0, 0.05) is 37.0 Å². The van der Waals surface area contributed by atoms with Crippen LogP contribution in [0.2, 0.25) is 0 Å². The Morgan fingerprint density at radius 3 is 2.51 bits per heavy atom. The van der Waals surface area contributed by atoms with Crippen molar-refractivity contribution >= 4 is 56.3 Å². The van der Waals surface area contributed by atoms with E-state index >= 15 is 0 Å². The normalized spacial score (nSPS) is 17.9. The number of para-hydroxylation sites is 1.